The Balaban J connectivity index is 0.00000338. The van der Waals surface area contributed by atoms with Crippen LogP contribution in [-0.4, -0.2) is 31.2 Å². The molecule has 0 radical (unpaired) electrons. The SMILES string of the molecule is CCNC(=NCc1ccc(OC)c(OCC)c1)NCc1ncc(C)s1.I. The van der Waals surface area contributed by atoms with Crippen molar-refractivity contribution in [2.75, 3.05) is 20.3 Å². The zero-order valence-electron chi connectivity index (χ0n) is 15.7. The van der Waals surface area contributed by atoms with Gasteiger partial charge in [0, 0.05) is 17.6 Å². The zero-order valence-corrected chi connectivity index (χ0v) is 18.8. The predicted octanol–water partition coefficient (Wildman–Crippen LogP) is 3.73. The molecule has 0 aliphatic rings. The lowest BCUT2D eigenvalue weighted by Crippen LogP contribution is -2.36. The molecule has 0 saturated carbocycles. The normalized spacial score (nSPS) is 10.8. The Morgan fingerprint density at radius 3 is 2.65 bits per heavy atom. The number of rotatable bonds is 8. The number of aliphatic imine (C=N–C) groups is 1. The van der Waals surface area contributed by atoms with Crippen LogP contribution in [0.15, 0.2) is 29.4 Å². The molecule has 0 unspecified atom stereocenters. The third kappa shape index (κ3) is 6.99. The molecule has 0 fully saturated rings. The van der Waals surface area contributed by atoms with E-state index in [0.29, 0.717) is 19.7 Å². The zero-order chi connectivity index (χ0) is 18.1. The summed E-state index contributed by atoms with van der Waals surface area (Å²) in [5, 5.41) is 7.61. The number of aryl methyl sites for hydroxylation is 1. The van der Waals surface area contributed by atoms with Crippen LogP contribution in [0, 0.1) is 6.92 Å². The van der Waals surface area contributed by atoms with Gasteiger partial charge in [-0.05, 0) is 38.5 Å². The third-order valence-corrected chi connectivity index (χ3v) is 4.28. The summed E-state index contributed by atoms with van der Waals surface area (Å²) in [7, 11) is 1.64. The van der Waals surface area contributed by atoms with Crippen LogP contribution in [0.25, 0.3) is 0 Å². The van der Waals surface area contributed by atoms with Gasteiger partial charge in [0.2, 0.25) is 0 Å². The number of ether oxygens (including phenoxy) is 2. The fourth-order valence-corrected chi connectivity index (χ4v) is 2.97. The maximum Gasteiger partial charge on any atom is 0.191 e. The van der Waals surface area contributed by atoms with Crippen molar-refractivity contribution in [1.29, 1.82) is 0 Å². The standard InChI is InChI=1S/C18H26N4O2S.HI/c1-5-19-18(22-12-17-20-10-13(3)25-17)21-11-14-7-8-15(23-4)16(9-14)24-6-2;/h7-10H,5-6,11-12H2,1-4H3,(H2,19,21,22);1H. The monoisotopic (exact) mass is 490 g/mol. The first kappa shape index (κ1) is 22.5. The van der Waals surface area contributed by atoms with Gasteiger partial charge < -0.3 is 20.1 Å². The third-order valence-electron chi connectivity index (χ3n) is 3.37. The van der Waals surface area contributed by atoms with Gasteiger partial charge in [0.25, 0.3) is 0 Å². The Kier molecular flexibility index (Phi) is 10.3. The van der Waals surface area contributed by atoms with Crippen LogP contribution in [0.4, 0.5) is 0 Å². The summed E-state index contributed by atoms with van der Waals surface area (Å²) in [5.41, 5.74) is 1.06. The minimum atomic E-state index is 0. The number of benzene rings is 1. The van der Waals surface area contributed by atoms with Crippen molar-refractivity contribution in [2.24, 2.45) is 4.99 Å². The van der Waals surface area contributed by atoms with Crippen LogP contribution in [0.3, 0.4) is 0 Å². The molecule has 1 aromatic carbocycles. The Morgan fingerprint density at radius 2 is 2.04 bits per heavy atom. The van der Waals surface area contributed by atoms with Crippen LogP contribution in [0.1, 0.15) is 29.3 Å². The summed E-state index contributed by atoms with van der Waals surface area (Å²) in [6.07, 6.45) is 1.89. The number of hydrogen-bond donors (Lipinski definition) is 2. The van der Waals surface area contributed by atoms with Crippen molar-refractivity contribution in [2.45, 2.75) is 33.9 Å². The largest absolute Gasteiger partial charge is 0.493 e. The van der Waals surface area contributed by atoms with E-state index in [1.54, 1.807) is 18.4 Å². The molecule has 1 heterocycles. The van der Waals surface area contributed by atoms with Crippen LogP contribution in [0.5, 0.6) is 11.5 Å². The molecule has 0 bridgehead atoms. The maximum absolute atomic E-state index is 5.62. The van der Waals surface area contributed by atoms with Crippen molar-refractivity contribution < 1.29 is 9.47 Å². The molecule has 144 valence electrons. The van der Waals surface area contributed by atoms with E-state index in [-0.39, 0.29) is 24.0 Å². The van der Waals surface area contributed by atoms with Gasteiger partial charge in [0.1, 0.15) is 5.01 Å². The summed E-state index contributed by atoms with van der Waals surface area (Å²) in [6.45, 7) is 8.67. The smallest absolute Gasteiger partial charge is 0.191 e. The highest BCUT2D eigenvalue weighted by molar-refractivity contribution is 14.0. The molecule has 0 spiro atoms. The predicted molar refractivity (Wildman–Crippen MR) is 118 cm³/mol. The number of guanidine groups is 1. The highest BCUT2D eigenvalue weighted by Crippen LogP contribution is 2.28. The molecular weight excluding hydrogens is 463 g/mol. The lowest BCUT2D eigenvalue weighted by molar-refractivity contribution is 0.310. The number of nitrogens with zero attached hydrogens (tertiary/aromatic N) is 2. The molecule has 0 amide bonds. The lowest BCUT2D eigenvalue weighted by atomic mass is 10.2. The van der Waals surface area contributed by atoms with Gasteiger partial charge in [-0.1, -0.05) is 6.07 Å². The molecule has 0 atom stereocenters. The van der Waals surface area contributed by atoms with E-state index in [1.807, 2.05) is 38.2 Å². The molecular formula is C18H27IN4O2S. The van der Waals surface area contributed by atoms with Crippen molar-refractivity contribution >= 4 is 41.3 Å². The number of halogens is 1. The van der Waals surface area contributed by atoms with Crippen molar-refractivity contribution in [3.8, 4) is 11.5 Å². The molecule has 2 aromatic rings. The molecule has 6 nitrogen and oxygen atoms in total. The van der Waals surface area contributed by atoms with Crippen LogP contribution in [-0.2, 0) is 13.1 Å². The van der Waals surface area contributed by atoms with Crippen LogP contribution in [0.2, 0.25) is 0 Å². The van der Waals surface area contributed by atoms with E-state index in [2.05, 4.69) is 27.5 Å². The van der Waals surface area contributed by atoms with Gasteiger partial charge in [-0.2, -0.15) is 0 Å². The maximum atomic E-state index is 5.62. The minimum Gasteiger partial charge on any atom is -0.493 e. The molecule has 0 aliphatic carbocycles. The average Bonchev–Trinajstić information content (AvgIpc) is 3.03. The second-order valence-electron chi connectivity index (χ2n) is 5.33. The Bertz CT molecular complexity index is 706. The van der Waals surface area contributed by atoms with E-state index >= 15 is 0 Å². The molecule has 0 aliphatic heterocycles. The number of nitrogens with one attached hydrogen (secondary N) is 2. The second kappa shape index (κ2) is 11.9. The van der Waals surface area contributed by atoms with E-state index < -0.39 is 0 Å². The van der Waals surface area contributed by atoms with Crippen molar-refractivity contribution in [1.82, 2.24) is 15.6 Å². The van der Waals surface area contributed by atoms with Gasteiger partial charge >= 0.3 is 0 Å². The van der Waals surface area contributed by atoms with Gasteiger partial charge in [-0.15, -0.1) is 35.3 Å². The number of aromatic nitrogens is 1. The molecule has 26 heavy (non-hydrogen) atoms. The quantitative estimate of drug-likeness (QED) is 0.336. The Hall–Kier alpha value is -1.55. The Morgan fingerprint density at radius 1 is 1.23 bits per heavy atom. The number of methoxy groups -OCH3 is 1. The summed E-state index contributed by atoms with van der Waals surface area (Å²) in [5.74, 6) is 2.25. The van der Waals surface area contributed by atoms with Gasteiger partial charge in [0.05, 0.1) is 26.8 Å². The fraction of sp³-hybridized carbons (Fsp3) is 0.444. The second-order valence-corrected chi connectivity index (χ2v) is 6.65. The van der Waals surface area contributed by atoms with Crippen LogP contribution >= 0.6 is 35.3 Å². The van der Waals surface area contributed by atoms with Gasteiger partial charge in [-0.3, -0.25) is 0 Å². The molecule has 2 rings (SSSR count). The lowest BCUT2D eigenvalue weighted by Gasteiger charge is -2.12. The first-order chi connectivity index (χ1) is 12.2. The highest BCUT2D eigenvalue weighted by atomic mass is 127. The fourth-order valence-electron chi connectivity index (χ4n) is 2.24. The van der Waals surface area contributed by atoms with E-state index in [9.17, 15) is 0 Å². The summed E-state index contributed by atoms with van der Waals surface area (Å²) < 4.78 is 10.9. The first-order valence-electron chi connectivity index (χ1n) is 8.39. The summed E-state index contributed by atoms with van der Waals surface area (Å²) in [6, 6.07) is 5.88. The van der Waals surface area contributed by atoms with Crippen LogP contribution < -0.4 is 20.1 Å². The number of hydrogen-bond acceptors (Lipinski definition) is 5. The summed E-state index contributed by atoms with van der Waals surface area (Å²) >= 11 is 1.69. The molecule has 2 N–H and O–H groups in total. The topological polar surface area (TPSA) is 67.8 Å². The van der Waals surface area contributed by atoms with Gasteiger partial charge in [0.15, 0.2) is 17.5 Å². The molecule has 0 saturated heterocycles. The minimum absolute atomic E-state index is 0. The summed E-state index contributed by atoms with van der Waals surface area (Å²) in [4.78, 5) is 10.2. The highest BCUT2D eigenvalue weighted by Gasteiger charge is 2.06. The molecule has 8 heteroatoms. The Labute approximate surface area is 176 Å². The van der Waals surface area contributed by atoms with E-state index in [4.69, 9.17) is 9.47 Å². The van der Waals surface area contributed by atoms with E-state index in [0.717, 1.165) is 34.6 Å². The average molecular weight is 490 g/mol. The first-order valence-corrected chi connectivity index (χ1v) is 9.21. The van der Waals surface area contributed by atoms with E-state index in [1.165, 1.54) is 4.88 Å². The van der Waals surface area contributed by atoms with Crippen molar-refractivity contribution in [3.05, 3.63) is 39.8 Å². The van der Waals surface area contributed by atoms with Gasteiger partial charge in [-0.25, -0.2) is 9.98 Å². The number of thiazole rings is 1. The molecule has 1 aromatic heterocycles. The van der Waals surface area contributed by atoms with Crippen molar-refractivity contribution in [3.63, 3.8) is 0 Å².